The van der Waals surface area contributed by atoms with Crippen molar-refractivity contribution in [3.8, 4) is 5.75 Å². The van der Waals surface area contributed by atoms with Crippen LogP contribution in [0.1, 0.15) is 17.3 Å². The number of rotatable bonds is 7. The molecule has 1 saturated heterocycles. The van der Waals surface area contributed by atoms with Crippen molar-refractivity contribution in [2.45, 2.75) is 11.8 Å². The summed E-state index contributed by atoms with van der Waals surface area (Å²) in [6.45, 7) is 5.35. The summed E-state index contributed by atoms with van der Waals surface area (Å²) in [6.07, 6.45) is 0. The molecule has 2 aromatic carbocycles. The number of Topliss-reactive ketones (excluding diaryl/α,β-unsaturated/α-hetero) is 1. The summed E-state index contributed by atoms with van der Waals surface area (Å²) in [7, 11) is -1.81. The van der Waals surface area contributed by atoms with Crippen LogP contribution < -0.4 is 9.64 Å². The maximum Gasteiger partial charge on any atom is 0.179 e. The Morgan fingerprint density at radius 3 is 2.32 bits per heavy atom. The number of ketones is 1. The van der Waals surface area contributed by atoms with Crippen molar-refractivity contribution in [2.24, 2.45) is 0 Å². The zero-order valence-corrected chi connectivity index (χ0v) is 17.1. The van der Waals surface area contributed by atoms with Crippen molar-refractivity contribution in [1.82, 2.24) is 4.90 Å². The van der Waals surface area contributed by atoms with Gasteiger partial charge in [0.2, 0.25) is 0 Å². The summed E-state index contributed by atoms with van der Waals surface area (Å²) >= 11 is 0. The number of sulfone groups is 1. The first-order valence-corrected chi connectivity index (χ1v) is 11.0. The first-order chi connectivity index (χ1) is 13.4. The highest BCUT2D eigenvalue weighted by atomic mass is 32.2. The minimum Gasteiger partial charge on any atom is -0.497 e. The van der Waals surface area contributed by atoms with Gasteiger partial charge in [0, 0.05) is 44.0 Å². The van der Waals surface area contributed by atoms with Crippen LogP contribution in [0, 0.1) is 0 Å². The minimum absolute atomic E-state index is 0.0635. The first kappa shape index (κ1) is 20.4. The average molecular weight is 403 g/mol. The molecule has 0 N–H and O–H groups in total. The molecule has 1 fully saturated rings. The van der Waals surface area contributed by atoms with Gasteiger partial charge in [0.25, 0.3) is 0 Å². The Labute approximate surface area is 166 Å². The van der Waals surface area contributed by atoms with Crippen molar-refractivity contribution < 1.29 is 17.9 Å². The van der Waals surface area contributed by atoms with Crippen LogP contribution in [0.25, 0.3) is 0 Å². The molecule has 150 valence electrons. The molecule has 1 heterocycles. The normalized spacial score (nSPS) is 15.4. The van der Waals surface area contributed by atoms with E-state index in [2.05, 4.69) is 9.80 Å². The first-order valence-electron chi connectivity index (χ1n) is 9.34. The zero-order chi connectivity index (χ0) is 20.1. The molecule has 0 spiro atoms. The molecule has 0 radical (unpaired) electrons. The van der Waals surface area contributed by atoms with E-state index in [-0.39, 0.29) is 11.5 Å². The maximum absolute atomic E-state index is 12.6. The minimum atomic E-state index is -3.34. The third kappa shape index (κ3) is 4.91. The molecule has 0 aliphatic carbocycles. The lowest BCUT2D eigenvalue weighted by atomic mass is 10.1. The summed E-state index contributed by atoms with van der Waals surface area (Å²) in [4.78, 5) is 16.1. The molecular weight excluding hydrogens is 376 g/mol. The van der Waals surface area contributed by atoms with Crippen LogP contribution in [0.5, 0.6) is 5.75 Å². The van der Waals surface area contributed by atoms with E-state index in [1.807, 2.05) is 24.3 Å². The predicted octanol–water partition coefficient (Wildman–Crippen LogP) is 2.49. The Kier molecular flexibility index (Phi) is 6.36. The fourth-order valence-corrected chi connectivity index (χ4v) is 4.61. The van der Waals surface area contributed by atoms with E-state index in [0.717, 1.165) is 31.9 Å². The standard InChI is InChI=1S/C21H26N2O4S/c1-17(24)18-6-8-19(9-7-18)23-12-10-22(11-13-23)14-15-28(25,26)21-5-3-4-20(16-21)27-2/h3-9,16H,10-15H2,1-2H3. The van der Waals surface area contributed by atoms with E-state index in [4.69, 9.17) is 4.74 Å². The van der Waals surface area contributed by atoms with Gasteiger partial charge < -0.3 is 9.64 Å². The molecule has 28 heavy (non-hydrogen) atoms. The molecule has 1 aliphatic rings. The number of hydrogen-bond donors (Lipinski definition) is 0. The number of ether oxygens (including phenoxy) is 1. The van der Waals surface area contributed by atoms with Gasteiger partial charge in [-0.1, -0.05) is 6.07 Å². The number of carbonyl (C=O) groups is 1. The Morgan fingerprint density at radius 2 is 1.71 bits per heavy atom. The SMILES string of the molecule is COc1cccc(S(=O)(=O)CCN2CCN(c3ccc(C(C)=O)cc3)CC2)c1. The molecule has 0 amide bonds. The van der Waals surface area contributed by atoms with Gasteiger partial charge in [0.15, 0.2) is 15.6 Å². The largest absolute Gasteiger partial charge is 0.497 e. The second-order valence-corrected chi connectivity index (χ2v) is 9.04. The Balaban J connectivity index is 1.53. The third-order valence-corrected chi connectivity index (χ3v) is 6.78. The molecule has 1 aliphatic heterocycles. The molecule has 0 atom stereocenters. The molecule has 0 saturated carbocycles. The van der Waals surface area contributed by atoms with E-state index in [0.29, 0.717) is 22.8 Å². The lowest BCUT2D eigenvalue weighted by Crippen LogP contribution is -2.47. The monoisotopic (exact) mass is 402 g/mol. The summed E-state index contributed by atoms with van der Waals surface area (Å²) in [5.74, 6) is 0.701. The second kappa shape index (κ2) is 8.75. The van der Waals surface area contributed by atoms with Crippen LogP contribution in [0.15, 0.2) is 53.4 Å². The molecule has 3 rings (SSSR count). The van der Waals surface area contributed by atoms with Crippen molar-refractivity contribution in [3.63, 3.8) is 0 Å². The fourth-order valence-electron chi connectivity index (χ4n) is 3.30. The van der Waals surface area contributed by atoms with Crippen molar-refractivity contribution >= 4 is 21.3 Å². The highest BCUT2D eigenvalue weighted by molar-refractivity contribution is 7.91. The zero-order valence-electron chi connectivity index (χ0n) is 16.3. The van der Waals surface area contributed by atoms with Crippen LogP contribution in [0.3, 0.4) is 0 Å². The number of benzene rings is 2. The highest BCUT2D eigenvalue weighted by Crippen LogP contribution is 2.20. The topological polar surface area (TPSA) is 66.9 Å². The Bertz CT molecular complexity index is 918. The van der Waals surface area contributed by atoms with Gasteiger partial charge in [-0.15, -0.1) is 0 Å². The van der Waals surface area contributed by atoms with Crippen molar-refractivity contribution in [1.29, 1.82) is 0 Å². The molecule has 0 bridgehead atoms. The number of piperazine rings is 1. The van der Waals surface area contributed by atoms with E-state index in [9.17, 15) is 13.2 Å². The number of hydrogen-bond acceptors (Lipinski definition) is 6. The van der Waals surface area contributed by atoms with Gasteiger partial charge in [-0.25, -0.2) is 8.42 Å². The van der Waals surface area contributed by atoms with E-state index < -0.39 is 9.84 Å². The molecular formula is C21H26N2O4S. The van der Waals surface area contributed by atoms with Crippen LogP contribution in [-0.2, 0) is 9.84 Å². The number of carbonyl (C=O) groups excluding carboxylic acids is 1. The van der Waals surface area contributed by atoms with Crippen LogP contribution >= 0.6 is 0 Å². The molecule has 0 unspecified atom stereocenters. The molecule has 2 aromatic rings. The molecule has 6 nitrogen and oxygen atoms in total. The second-order valence-electron chi connectivity index (χ2n) is 6.93. The number of nitrogens with zero attached hydrogens (tertiary/aromatic N) is 2. The van der Waals surface area contributed by atoms with Crippen LogP contribution in [0.4, 0.5) is 5.69 Å². The number of methoxy groups -OCH3 is 1. The maximum atomic E-state index is 12.6. The van der Waals surface area contributed by atoms with Crippen molar-refractivity contribution in [3.05, 3.63) is 54.1 Å². The Hall–Kier alpha value is -2.38. The van der Waals surface area contributed by atoms with Crippen LogP contribution in [-0.4, -0.2) is 64.7 Å². The summed E-state index contributed by atoms with van der Waals surface area (Å²) in [5.41, 5.74) is 1.80. The van der Waals surface area contributed by atoms with Gasteiger partial charge >= 0.3 is 0 Å². The highest BCUT2D eigenvalue weighted by Gasteiger charge is 2.21. The molecule has 7 heteroatoms. The lowest BCUT2D eigenvalue weighted by Gasteiger charge is -2.36. The lowest BCUT2D eigenvalue weighted by molar-refractivity contribution is 0.101. The predicted molar refractivity (Wildman–Crippen MR) is 110 cm³/mol. The van der Waals surface area contributed by atoms with Crippen LogP contribution in [0.2, 0.25) is 0 Å². The van der Waals surface area contributed by atoms with Crippen molar-refractivity contribution in [2.75, 3.05) is 50.5 Å². The fraction of sp³-hybridized carbons (Fsp3) is 0.381. The summed E-state index contributed by atoms with van der Waals surface area (Å²) in [6, 6.07) is 14.3. The van der Waals surface area contributed by atoms with Gasteiger partial charge in [0.1, 0.15) is 5.75 Å². The van der Waals surface area contributed by atoms with Gasteiger partial charge in [0.05, 0.1) is 17.8 Å². The van der Waals surface area contributed by atoms with E-state index in [1.54, 1.807) is 31.2 Å². The summed E-state index contributed by atoms with van der Waals surface area (Å²) < 4.78 is 30.3. The number of anilines is 1. The third-order valence-electron chi connectivity index (χ3n) is 5.09. The van der Waals surface area contributed by atoms with Gasteiger partial charge in [-0.3, -0.25) is 9.69 Å². The Morgan fingerprint density at radius 1 is 1.04 bits per heavy atom. The smallest absolute Gasteiger partial charge is 0.179 e. The van der Waals surface area contributed by atoms with E-state index in [1.165, 1.54) is 7.11 Å². The average Bonchev–Trinajstić information content (AvgIpc) is 2.73. The van der Waals surface area contributed by atoms with Gasteiger partial charge in [-0.2, -0.15) is 0 Å². The quantitative estimate of drug-likeness (QED) is 0.663. The van der Waals surface area contributed by atoms with E-state index >= 15 is 0 Å². The molecule has 0 aromatic heterocycles. The van der Waals surface area contributed by atoms with Gasteiger partial charge in [-0.05, 0) is 49.4 Å². The summed E-state index contributed by atoms with van der Waals surface area (Å²) in [5, 5.41) is 0.